The predicted octanol–water partition coefficient (Wildman–Crippen LogP) is 1.49. The fourth-order valence-corrected chi connectivity index (χ4v) is 4.39. The third kappa shape index (κ3) is 3.26. The number of thioether (sulfide) groups is 1. The molecule has 1 fully saturated rings. The van der Waals surface area contributed by atoms with Crippen molar-refractivity contribution in [2.45, 2.75) is 30.3 Å². The summed E-state index contributed by atoms with van der Waals surface area (Å²) in [7, 11) is -3.39. The van der Waals surface area contributed by atoms with E-state index in [4.69, 9.17) is 5.73 Å². The molecule has 3 N–H and O–H groups in total. The quantitative estimate of drug-likeness (QED) is 0.879. The van der Waals surface area contributed by atoms with Crippen LogP contribution in [0.15, 0.2) is 29.2 Å². The monoisotopic (exact) mass is 286 g/mol. The van der Waals surface area contributed by atoms with Crippen molar-refractivity contribution in [1.82, 2.24) is 4.72 Å². The van der Waals surface area contributed by atoms with Crippen molar-refractivity contribution in [2.75, 3.05) is 11.5 Å². The van der Waals surface area contributed by atoms with Crippen molar-refractivity contribution in [3.05, 3.63) is 29.8 Å². The Hall–Kier alpha value is -0.560. The standard InChI is InChI=1S/C12H18N2O2S2/c1-9(13)10-2-4-12(5-3-10)18(15,16)14-11-6-7-17-8-11/h2-5,9,11,14H,6-8,13H2,1H3. The molecule has 2 atom stereocenters. The van der Waals surface area contributed by atoms with Crippen LogP contribution in [0.4, 0.5) is 0 Å². The largest absolute Gasteiger partial charge is 0.324 e. The number of hydrogen-bond donors (Lipinski definition) is 2. The molecule has 2 rings (SSSR count). The summed E-state index contributed by atoms with van der Waals surface area (Å²) in [5, 5.41) is 0. The highest BCUT2D eigenvalue weighted by Crippen LogP contribution is 2.20. The van der Waals surface area contributed by atoms with Gasteiger partial charge in [-0.2, -0.15) is 11.8 Å². The summed E-state index contributed by atoms with van der Waals surface area (Å²) in [5.74, 6) is 1.88. The number of rotatable bonds is 4. The Morgan fingerprint density at radius 3 is 2.56 bits per heavy atom. The van der Waals surface area contributed by atoms with Crippen LogP contribution in [0.25, 0.3) is 0 Å². The molecule has 1 aromatic carbocycles. The van der Waals surface area contributed by atoms with E-state index in [0.717, 1.165) is 23.5 Å². The van der Waals surface area contributed by atoms with E-state index in [0.29, 0.717) is 4.90 Å². The second-order valence-electron chi connectivity index (χ2n) is 4.54. The molecule has 1 aliphatic rings. The van der Waals surface area contributed by atoms with Crippen LogP contribution in [0.5, 0.6) is 0 Å². The maximum absolute atomic E-state index is 12.1. The molecule has 6 heteroatoms. The van der Waals surface area contributed by atoms with E-state index < -0.39 is 10.0 Å². The molecule has 0 spiro atoms. The van der Waals surface area contributed by atoms with Crippen LogP contribution in [-0.2, 0) is 10.0 Å². The van der Waals surface area contributed by atoms with E-state index >= 15 is 0 Å². The molecule has 0 radical (unpaired) electrons. The molecular formula is C12H18N2O2S2. The van der Waals surface area contributed by atoms with Gasteiger partial charge in [-0.25, -0.2) is 13.1 Å². The van der Waals surface area contributed by atoms with Crippen LogP contribution in [0.1, 0.15) is 24.9 Å². The molecular weight excluding hydrogens is 268 g/mol. The normalized spacial score (nSPS) is 22.0. The number of hydrogen-bond acceptors (Lipinski definition) is 4. The van der Waals surface area contributed by atoms with E-state index in [2.05, 4.69) is 4.72 Å². The first-order chi connectivity index (χ1) is 8.49. The molecule has 1 heterocycles. The summed E-state index contributed by atoms with van der Waals surface area (Å²) in [6.45, 7) is 1.87. The molecule has 0 amide bonds. The minimum atomic E-state index is -3.39. The van der Waals surface area contributed by atoms with Gasteiger partial charge in [0.15, 0.2) is 0 Å². The highest BCUT2D eigenvalue weighted by atomic mass is 32.2. The lowest BCUT2D eigenvalue weighted by atomic mass is 10.1. The van der Waals surface area contributed by atoms with Crippen molar-refractivity contribution < 1.29 is 8.42 Å². The number of nitrogens with one attached hydrogen (secondary N) is 1. The SMILES string of the molecule is CC(N)c1ccc(S(=O)(=O)NC2CCSC2)cc1. The number of sulfonamides is 1. The predicted molar refractivity (Wildman–Crippen MR) is 75.1 cm³/mol. The minimum Gasteiger partial charge on any atom is -0.324 e. The van der Waals surface area contributed by atoms with Gasteiger partial charge in [-0.05, 0) is 36.8 Å². The molecule has 0 aromatic heterocycles. The molecule has 0 bridgehead atoms. The van der Waals surface area contributed by atoms with Crippen molar-refractivity contribution in [2.24, 2.45) is 5.73 Å². The second kappa shape index (κ2) is 5.61. The van der Waals surface area contributed by atoms with Crippen LogP contribution < -0.4 is 10.5 Å². The van der Waals surface area contributed by atoms with Gasteiger partial charge in [0.2, 0.25) is 10.0 Å². The molecule has 0 saturated carbocycles. The van der Waals surface area contributed by atoms with Crippen LogP contribution >= 0.6 is 11.8 Å². The summed E-state index contributed by atoms with van der Waals surface area (Å²) in [6.07, 6.45) is 0.905. The van der Waals surface area contributed by atoms with Gasteiger partial charge in [-0.3, -0.25) is 0 Å². The van der Waals surface area contributed by atoms with Gasteiger partial charge in [-0.1, -0.05) is 12.1 Å². The third-order valence-electron chi connectivity index (χ3n) is 2.97. The Labute approximate surface area is 112 Å². The zero-order valence-electron chi connectivity index (χ0n) is 10.3. The van der Waals surface area contributed by atoms with Crippen LogP contribution in [0, 0.1) is 0 Å². The molecule has 1 aliphatic heterocycles. The van der Waals surface area contributed by atoms with Gasteiger partial charge in [0.05, 0.1) is 4.90 Å². The smallest absolute Gasteiger partial charge is 0.240 e. The highest BCUT2D eigenvalue weighted by Gasteiger charge is 2.23. The van der Waals surface area contributed by atoms with Gasteiger partial charge in [0.25, 0.3) is 0 Å². The second-order valence-corrected chi connectivity index (χ2v) is 7.40. The van der Waals surface area contributed by atoms with Crippen molar-refractivity contribution in [3.8, 4) is 0 Å². The van der Waals surface area contributed by atoms with Gasteiger partial charge < -0.3 is 5.73 Å². The summed E-state index contributed by atoms with van der Waals surface area (Å²) in [4.78, 5) is 0.309. The van der Waals surface area contributed by atoms with Crippen molar-refractivity contribution >= 4 is 21.8 Å². The third-order valence-corrected chi connectivity index (χ3v) is 5.67. The molecule has 2 unspecified atom stereocenters. The Bertz CT molecular complexity index is 491. The Morgan fingerprint density at radius 2 is 2.06 bits per heavy atom. The van der Waals surface area contributed by atoms with Gasteiger partial charge in [0, 0.05) is 17.8 Å². The van der Waals surface area contributed by atoms with Gasteiger partial charge >= 0.3 is 0 Å². The Balaban J connectivity index is 2.13. The maximum Gasteiger partial charge on any atom is 0.240 e. The molecule has 4 nitrogen and oxygen atoms in total. The fraction of sp³-hybridized carbons (Fsp3) is 0.500. The van der Waals surface area contributed by atoms with Crippen molar-refractivity contribution in [3.63, 3.8) is 0 Å². The molecule has 1 saturated heterocycles. The molecule has 18 heavy (non-hydrogen) atoms. The van der Waals surface area contributed by atoms with Crippen LogP contribution in [0.3, 0.4) is 0 Å². The average molecular weight is 286 g/mol. The topological polar surface area (TPSA) is 72.2 Å². The average Bonchev–Trinajstić information content (AvgIpc) is 2.81. The molecule has 0 aliphatic carbocycles. The Morgan fingerprint density at radius 1 is 1.39 bits per heavy atom. The lowest BCUT2D eigenvalue weighted by molar-refractivity contribution is 0.563. The first-order valence-electron chi connectivity index (χ1n) is 5.94. The van der Waals surface area contributed by atoms with E-state index in [9.17, 15) is 8.42 Å². The van der Waals surface area contributed by atoms with Crippen LogP contribution in [-0.4, -0.2) is 26.0 Å². The van der Waals surface area contributed by atoms with E-state index in [1.54, 1.807) is 36.0 Å². The molecule has 100 valence electrons. The first-order valence-corrected chi connectivity index (χ1v) is 8.58. The lowest BCUT2D eigenvalue weighted by Gasteiger charge is -2.12. The van der Waals surface area contributed by atoms with E-state index in [1.807, 2.05) is 6.92 Å². The first kappa shape index (κ1) is 13.9. The van der Waals surface area contributed by atoms with Crippen LogP contribution in [0.2, 0.25) is 0 Å². The summed E-state index contributed by atoms with van der Waals surface area (Å²) < 4.78 is 27.0. The lowest BCUT2D eigenvalue weighted by Crippen LogP contribution is -2.34. The van der Waals surface area contributed by atoms with Gasteiger partial charge in [0.1, 0.15) is 0 Å². The fourth-order valence-electron chi connectivity index (χ4n) is 1.87. The summed E-state index contributed by atoms with van der Waals surface area (Å²) >= 11 is 1.78. The summed E-state index contributed by atoms with van der Waals surface area (Å²) in [6, 6.07) is 6.74. The minimum absolute atomic E-state index is 0.0631. The maximum atomic E-state index is 12.1. The van der Waals surface area contributed by atoms with E-state index in [1.165, 1.54) is 0 Å². The zero-order chi connectivity index (χ0) is 13.2. The van der Waals surface area contributed by atoms with Crippen molar-refractivity contribution in [1.29, 1.82) is 0 Å². The zero-order valence-corrected chi connectivity index (χ0v) is 11.9. The Kier molecular flexibility index (Phi) is 4.32. The molecule has 1 aromatic rings. The van der Waals surface area contributed by atoms with Gasteiger partial charge in [-0.15, -0.1) is 0 Å². The van der Waals surface area contributed by atoms with E-state index in [-0.39, 0.29) is 12.1 Å². The number of nitrogens with two attached hydrogens (primary N) is 1. The number of benzene rings is 1. The highest BCUT2D eigenvalue weighted by molar-refractivity contribution is 7.99. The summed E-state index contributed by atoms with van der Waals surface area (Å²) in [5.41, 5.74) is 6.67.